The number of benzene rings is 1. The van der Waals surface area contributed by atoms with E-state index in [-0.39, 0.29) is 10.8 Å². The summed E-state index contributed by atoms with van der Waals surface area (Å²) in [6.07, 6.45) is 1.02. The van der Waals surface area contributed by atoms with Crippen LogP contribution in [0.5, 0.6) is 0 Å². The van der Waals surface area contributed by atoms with E-state index in [1.165, 1.54) is 5.56 Å². The summed E-state index contributed by atoms with van der Waals surface area (Å²) in [5, 5.41) is 0. The molecule has 0 radical (unpaired) electrons. The molecule has 1 fully saturated rings. The lowest BCUT2D eigenvalue weighted by Crippen LogP contribution is -2.57. The lowest BCUT2D eigenvalue weighted by Gasteiger charge is -2.53. The summed E-state index contributed by atoms with van der Waals surface area (Å²) in [6, 6.07) is 8.61. The molecule has 1 aliphatic rings. The van der Waals surface area contributed by atoms with E-state index in [4.69, 9.17) is 10.5 Å². The highest BCUT2D eigenvalue weighted by Gasteiger charge is 2.51. The first kappa shape index (κ1) is 13.1. The highest BCUT2D eigenvalue weighted by atomic mass is 79.9. The van der Waals surface area contributed by atoms with Crippen LogP contribution in [0.3, 0.4) is 0 Å². The molecular weight excluding hydrogens is 278 g/mol. The topological polar surface area (TPSA) is 35.2 Å². The van der Waals surface area contributed by atoms with Crippen LogP contribution < -0.4 is 5.73 Å². The highest BCUT2D eigenvalue weighted by Crippen LogP contribution is 2.49. The van der Waals surface area contributed by atoms with Crippen LogP contribution in [-0.4, -0.2) is 19.8 Å². The number of hydrogen-bond acceptors (Lipinski definition) is 2. The Morgan fingerprint density at radius 1 is 1.29 bits per heavy atom. The molecule has 0 unspecified atom stereocenters. The third kappa shape index (κ3) is 2.16. The van der Waals surface area contributed by atoms with E-state index in [9.17, 15) is 0 Å². The van der Waals surface area contributed by atoms with Gasteiger partial charge in [0.05, 0.1) is 13.2 Å². The number of rotatable bonds is 4. The highest BCUT2D eigenvalue weighted by molar-refractivity contribution is 9.10. The molecule has 0 bridgehead atoms. The van der Waals surface area contributed by atoms with Gasteiger partial charge in [-0.15, -0.1) is 0 Å². The molecule has 2 N–H and O–H groups in total. The Bertz CT molecular complexity index is 382. The van der Waals surface area contributed by atoms with Crippen LogP contribution >= 0.6 is 15.9 Å². The van der Waals surface area contributed by atoms with E-state index in [1.807, 2.05) is 0 Å². The molecule has 0 saturated carbocycles. The standard InChI is InChI=1S/C14H20BrNO/c1-13(2,7-8-16)14(9-17-10-14)11-3-5-12(15)6-4-11/h3-6H,7-10,16H2,1-2H3. The molecule has 2 nitrogen and oxygen atoms in total. The Labute approximate surface area is 112 Å². The molecule has 0 aromatic heterocycles. The third-order valence-corrected chi connectivity index (χ3v) is 4.69. The normalized spacial score (nSPS) is 18.8. The van der Waals surface area contributed by atoms with E-state index in [0.29, 0.717) is 0 Å². The molecule has 1 heterocycles. The lowest BCUT2D eigenvalue weighted by atomic mass is 9.59. The summed E-state index contributed by atoms with van der Waals surface area (Å²) >= 11 is 3.48. The van der Waals surface area contributed by atoms with Crippen molar-refractivity contribution in [1.29, 1.82) is 0 Å². The molecule has 0 atom stereocenters. The second-order valence-electron chi connectivity index (χ2n) is 5.50. The van der Waals surface area contributed by atoms with Gasteiger partial charge in [0.15, 0.2) is 0 Å². The Morgan fingerprint density at radius 3 is 2.29 bits per heavy atom. The van der Waals surface area contributed by atoms with Crippen LogP contribution in [0.2, 0.25) is 0 Å². The Morgan fingerprint density at radius 2 is 1.88 bits per heavy atom. The van der Waals surface area contributed by atoms with Crippen molar-refractivity contribution >= 4 is 15.9 Å². The van der Waals surface area contributed by atoms with Gasteiger partial charge in [0.1, 0.15) is 0 Å². The van der Waals surface area contributed by atoms with E-state index in [2.05, 4.69) is 54.0 Å². The van der Waals surface area contributed by atoms with Crippen LogP contribution in [0.1, 0.15) is 25.8 Å². The molecule has 1 aromatic carbocycles. The van der Waals surface area contributed by atoms with Gasteiger partial charge in [0.2, 0.25) is 0 Å². The zero-order valence-corrected chi connectivity index (χ0v) is 12.1. The summed E-state index contributed by atoms with van der Waals surface area (Å²) in [5.74, 6) is 0. The van der Waals surface area contributed by atoms with Gasteiger partial charge in [0.25, 0.3) is 0 Å². The molecule has 1 aromatic rings. The number of nitrogens with two attached hydrogens (primary N) is 1. The smallest absolute Gasteiger partial charge is 0.0590 e. The molecular formula is C14H20BrNO. The van der Waals surface area contributed by atoms with Gasteiger partial charge in [-0.3, -0.25) is 0 Å². The molecule has 0 amide bonds. The summed E-state index contributed by atoms with van der Waals surface area (Å²) < 4.78 is 6.62. The fourth-order valence-electron chi connectivity index (χ4n) is 2.62. The minimum Gasteiger partial charge on any atom is -0.379 e. The third-order valence-electron chi connectivity index (χ3n) is 4.16. The Hall–Kier alpha value is -0.380. The summed E-state index contributed by atoms with van der Waals surface area (Å²) in [6.45, 7) is 6.93. The zero-order chi connectivity index (χ0) is 12.5. The van der Waals surface area contributed by atoms with Crippen LogP contribution in [0.4, 0.5) is 0 Å². The van der Waals surface area contributed by atoms with Crippen molar-refractivity contribution in [3.05, 3.63) is 34.3 Å². The predicted octanol–water partition coefficient (Wildman–Crippen LogP) is 3.09. The molecule has 0 spiro atoms. The van der Waals surface area contributed by atoms with Gasteiger partial charge in [0, 0.05) is 9.89 Å². The molecule has 1 saturated heterocycles. The van der Waals surface area contributed by atoms with Crippen LogP contribution in [0.15, 0.2) is 28.7 Å². The first-order chi connectivity index (χ1) is 8.02. The lowest BCUT2D eigenvalue weighted by molar-refractivity contribution is -0.121. The minimum atomic E-state index is 0.132. The maximum absolute atomic E-state index is 5.74. The molecule has 0 aliphatic carbocycles. The fraction of sp³-hybridized carbons (Fsp3) is 0.571. The summed E-state index contributed by atoms with van der Waals surface area (Å²) in [5.41, 5.74) is 7.42. The van der Waals surface area contributed by atoms with Crippen LogP contribution in [0.25, 0.3) is 0 Å². The molecule has 1 aliphatic heterocycles. The zero-order valence-electron chi connectivity index (χ0n) is 10.5. The summed E-state index contributed by atoms with van der Waals surface area (Å²) in [4.78, 5) is 0. The molecule has 2 rings (SSSR count). The van der Waals surface area contributed by atoms with Crippen molar-refractivity contribution in [3.8, 4) is 0 Å². The monoisotopic (exact) mass is 297 g/mol. The molecule has 3 heteroatoms. The van der Waals surface area contributed by atoms with Gasteiger partial charge in [-0.2, -0.15) is 0 Å². The SMILES string of the molecule is CC(C)(CCN)C1(c2ccc(Br)cc2)COC1. The van der Waals surface area contributed by atoms with Crippen molar-refractivity contribution < 1.29 is 4.74 Å². The average Bonchev–Trinajstić information content (AvgIpc) is 2.18. The summed E-state index contributed by atoms with van der Waals surface area (Å²) in [7, 11) is 0. The van der Waals surface area contributed by atoms with Crippen molar-refractivity contribution in [3.63, 3.8) is 0 Å². The molecule has 94 valence electrons. The fourth-order valence-corrected chi connectivity index (χ4v) is 2.89. The average molecular weight is 298 g/mol. The minimum absolute atomic E-state index is 0.132. The maximum Gasteiger partial charge on any atom is 0.0590 e. The predicted molar refractivity (Wildman–Crippen MR) is 74.1 cm³/mol. The molecule has 17 heavy (non-hydrogen) atoms. The maximum atomic E-state index is 5.74. The number of hydrogen-bond donors (Lipinski definition) is 1. The van der Waals surface area contributed by atoms with Gasteiger partial charge >= 0.3 is 0 Å². The quantitative estimate of drug-likeness (QED) is 0.927. The Kier molecular flexibility index (Phi) is 3.62. The van der Waals surface area contributed by atoms with Crippen LogP contribution in [-0.2, 0) is 10.2 Å². The van der Waals surface area contributed by atoms with E-state index < -0.39 is 0 Å². The van der Waals surface area contributed by atoms with Crippen molar-refractivity contribution in [2.75, 3.05) is 19.8 Å². The number of halogens is 1. The van der Waals surface area contributed by atoms with E-state index in [1.54, 1.807) is 0 Å². The van der Waals surface area contributed by atoms with Crippen molar-refractivity contribution in [2.45, 2.75) is 25.7 Å². The van der Waals surface area contributed by atoms with E-state index >= 15 is 0 Å². The van der Waals surface area contributed by atoms with Gasteiger partial charge in [-0.1, -0.05) is 41.9 Å². The van der Waals surface area contributed by atoms with Crippen molar-refractivity contribution in [1.82, 2.24) is 0 Å². The van der Waals surface area contributed by atoms with Gasteiger partial charge in [-0.05, 0) is 36.1 Å². The van der Waals surface area contributed by atoms with Crippen molar-refractivity contribution in [2.24, 2.45) is 11.1 Å². The van der Waals surface area contributed by atoms with Gasteiger partial charge in [-0.25, -0.2) is 0 Å². The van der Waals surface area contributed by atoms with Gasteiger partial charge < -0.3 is 10.5 Å². The first-order valence-corrected chi connectivity index (χ1v) is 6.85. The second kappa shape index (κ2) is 4.71. The second-order valence-corrected chi connectivity index (χ2v) is 6.42. The number of ether oxygens (including phenoxy) is 1. The van der Waals surface area contributed by atoms with Crippen LogP contribution in [0, 0.1) is 5.41 Å². The largest absolute Gasteiger partial charge is 0.379 e. The first-order valence-electron chi connectivity index (χ1n) is 6.06. The van der Waals surface area contributed by atoms with E-state index in [0.717, 1.165) is 30.7 Å². The Balaban J connectivity index is 2.34.